The smallest absolute Gasteiger partial charge is 0.305 e. The molecule has 0 aromatic carbocycles. The Kier molecular flexibility index (Phi) is 57.2. The third-order valence-electron chi connectivity index (χ3n) is 16.0. The molecule has 1 amide bonds. The second-order valence-electron chi connectivity index (χ2n) is 23.9. The monoisotopic (exact) mass is 1170 g/mol. The van der Waals surface area contributed by atoms with E-state index in [-0.39, 0.29) is 18.5 Å². The predicted molar refractivity (Wildman–Crippen MR) is 347 cm³/mol. The summed E-state index contributed by atoms with van der Waals surface area (Å²) in [6.07, 6.45) is 71.9. The number of esters is 1. The van der Waals surface area contributed by atoms with E-state index in [4.69, 9.17) is 14.2 Å². The van der Waals surface area contributed by atoms with E-state index in [0.717, 1.165) is 70.6 Å². The molecule has 11 nitrogen and oxygen atoms in total. The number of carbonyl (C=O) groups excluding carboxylic acids is 2. The first kappa shape index (κ1) is 78.1. The van der Waals surface area contributed by atoms with Crippen LogP contribution in [0, 0.1) is 0 Å². The minimum absolute atomic E-state index is 0.00535. The lowest BCUT2D eigenvalue weighted by atomic mass is 9.99. The van der Waals surface area contributed by atoms with Gasteiger partial charge in [-0.25, -0.2) is 0 Å². The van der Waals surface area contributed by atoms with Crippen molar-refractivity contribution in [1.29, 1.82) is 0 Å². The third kappa shape index (κ3) is 49.9. The van der Waals surface area contributed by atoms with Crippen LogP contribution in [-0.4, -0.2) is 100 Å². The van der Waals surface area contributed by atoms with Crippen molar-refractivity contribution < 1.29 is 49.3 Å². The van der Waals surface area contributed by atoms with Crippen LogP contribution in [0.2, 0.25) is 0 Å². The number of rotatable bonds is 60. The number of aliphatic hydroxyl groups excluding tert-OH is 5. The molecule has 0 aromatic rings. The molecule has 1 aliphatic heterocycles. The molecule has 0 radical (unpaired) electrons. The van der Waals surface area contributed by atoms with E-state index in [1.165, 1.54) is 212 Å². The van der Waals surface area contributed by atoms with Crippen molar-refractivity contribution in [3.8, 4) is 0 Å². The fourth-order valence-corrected chi connectivity index (χ4v) is 10.5. The van der Waals surface area contributed by atoms with Crippen LogP contribution in [0.4, 0.5) is 0 Å². The normalized spacial score (nSPS) is 18.6. The molecule has 7 unspecified atom stereocenters. The van der Waals surface area contributed by atoms with Gasteiger partial charge >= 0.3 is 5.97 Å². The Hall–Kier alpha value is -2.90. The molecule has 6 N–H and O–H groups in total. The van der Waals surface area contributed by atoms with Gasteiger partial charge in [0.05, 0.1) is 32.0 Å². The molecule has 1 rings (SSSR count). The summed E-state index contributed by atoms with van der Waals surface area (Å²) in [5.41, 5.74) is 0. The largest absolute Gasteiger partial charge is 0.466 e. The third-order valence-corrected chi connectivity index (χ3v) is 16.0. The summed E-state index contributed by atoms with van der Waals surface area (Å²) < 4.78 is 16.7. The van der Waals surface area contributed by atoms with Gasteiger partial charge in [-0.15, -0.1) is 0 Å². The Morgan fingerprint density at radius 3 is 1.27 bits per heavy atom. The number of allylic oxidation sites excluding steroid dienone is 11. The van der Waals surface area contributed by atoms with E-state index in [9.17, 15) is 35.1 Å². The lowest BCUT2D eigenvalue weighted by molar-refractivity contribution is -0.302. The Morgan fingerprint density at radius 2 is 0.819 bits per heavy atom. The number of ether oxygens (including phenoxy) is 3. The topological polar surface area (TPSA) is 175 Å². The van der Waals surface area contributed by atoms with E-state index >= 15 is 0 Å². The van der Waals surface area contributed by atoms with Crippen LogP contribution in [-0.2, 0) is 23.8 Å². The first-order chi connectivity index (χ1) is 40.7. The maximum Gasteiger partial charge on any atom is 0.305 e. The number of amides is 1. The zero-order valence-corrected chi connectivity index (χ0v) is 53.4. The van der Waals surface area contributed by atoms with Gasteiger partial charge in [0.15, 0.2) is 6.29 Å². The first-order valence-corrected chi connectivity index (χ1v) is 34.7. The van der Waals surface area contributed by atoms with E-state index in [2.05, 4.69) is 79.9 Å². The van der Waals surface area contributed by atoms with Gasteiger partial charge in [0.1, 0.15) is 24.4 Å². The Morgan fingerprint density at radius 1 is 0.446 bits per heavy atom. The molecule has 0 saturated carbocycles. The number of carbonyl (C=O) groups is 2. The molecule has 1 aliphatic rings. The van der Waals surface area contributed by atoms with Crippen molar-refractivity contribution in [2.45, 2.75) is 352 Å². The fraction of sp³-hybridized carbons (Fsp3) is 0.806. The number of hydrogen-bond acceptors (Lipinski definition) is 10. The van der Waals surface area contributed by atoms with Gasteiger partial charge in [0, 0.05) is 12.8 Å². The summed E-state index contributed by atoms with van der Waals surface area (Å²) in [5.74, 6) is -0.201. The van der Waals surface area contributed by atoms with Gasteiger partial charge in [-0.05, 0) is 109 Å². The lowest BCUT2D eigenvalue weighted by Gasteiger charge is -2.40. The molecule has 1 heterocycles. The maximum atomic E-state index is 13.0. The summed E-state index contributed by atoms with van der Waals surface area (Å²) in [7, 11) is 0. The zero-order chi connectivity index (χ0) is 60.2. The van der Waals surface area contributed by atoms with Gasteiger partial charge in [-0.1, -0.05) is 260 Å². The molecule has 0 aromatic heterocycles. The molecule has 1 saturated heterocycles. The molecule has 0 bridgehead atoms. The first-order valence-electron chi connectivity index (χ1n) is 34.7. The Bertz CT molecular complexity index is 1610. The average molecular weight is 1170 g/mol. The molecular formula is C72H129NO10. The second kappa shape index (κ2) is 60.8. The molecule has 83 heavy (non-hydrogen) atoms. The standard InChI is InChI=1S/C72H129NO10/c1-3-5-7-9-11-13-14-15-16-30-34-37-40-44-48-52-56-60-68(77)81-61-57-53-49-45-41-38-35-32-29-27-25-23-21-19-17-18-20-22-24-26-28-31-33-36-39-43-47-51-55-59-67(76)73-64(65(75)58-54-50-46-42-12-10-8-6-4-2)63-82-72-71(80)70(79)69(78)66(62-74)83-72/h11-13,15-17,19,23,25,42,54,58,64-66,69-72,74-75,78-80H,3-10,14,18,20-22,24,26-41,43-53,55-57,59-63H2,1-2H3,(H,73,76)/b13-11-,16-15-,19-17-,25-23-,42-12+,58-54+. The molecule has 7 atom stereocenters. The zero-order valence-electron chi connectivity index (χ0n) is 53.4. The van der Waals surface area contributed by atoms with E-state index in [0.29, 0.717) is 19.4 Å². The van der Waals surface area contributed by atoms with Crippen LogP contribution >= 0.6 is 0 Å². The number of hydrogen-bond donors (Lipinski definition) is 6. The van der Waals surface area contributed by atoms with Crippen molar-refractivity contribution in [1.82, 2.24) is 5.32 Å². The quantitative estimate of drug-likeness (QED) is 0.0195. The summed E-state index contributed by atoms with van der Waals surface area (Å²) in [4.78, 5) is 25.1. The van der Waals surface area contributed by atoms with Crippen molar-refractivity contribution in [3.05, 3.63) is 72.9 Å². The van der Waals surface area contributed by atoms with E-state index < -0.39 is 49.5 Å². The Balaban J connectivity index is 1.94. The molecule has 1 fully saturated rings. The van der Waals surface area contributed by atoms with Gasteiger partial charge in [-0.3, -0.25) is 9.59 Å². The highest BCUT2D eigenvalue weighted by Crippen LogP contribution is 2.23. The number of unbranched alkanes of at least 4 members (excludes halogenated alkanes) is 36. The SMILES string of the molecule is CCCCC/C=C\C/C=C\CCCCCCCCCC(=O)OCCCCCCCCCCC/C=C\C/C=C\CCCCCCCCCCCCCCCC(=O)NC(COC1OC(CO)C(O)C(O)C1O)C(O)/C=C/CC/C=C/CCCCC. The van der Waals surface area contributed by atoms with Crippen LogP contribution in [0.1, 0.15) is 309 Å². The van der Waals surface area contributed by atoms with Crippen LogP contribution < -0.4 is 5.32 Å². The van der Waals surface area contributed by atoms with Crippen LogP contribution in [0.25, 0.3) is 0 Å². The highest BCUT2D eigenvalue weighted by atomic mass is 16.7. The molecule has 0 aliphatic carbocycles. The van der Waals surface area contributed by atoms with Crippen molar-refractivity contribution in [3.63, 3.8) is 0 Å². The van der Waals surface area contributed by atoms with Crippen molar-refractivity contribution >= 4 is 11.9 Å². The van der Waals surface area contributed by atoms with Crippen LogP contribution in [0.15, 0.2) is 72.9 Å². The average Bonchev–Trinajstić information content (AvgIpc) is 3.57. The fourth-order valence-electron chi connectivity index (χ4n) is 10.5. The van der Waals surface area contributed by atoms with Gasteiger partial charge < -0.3 is 45.1 Å². The molecule has 11 heteroatoms. The molecular weight excluding hydrogens is 1040 g/mol. The van der Waals surface area contributed by atoms with Gasteiger partial charge in [0.25, 0.3) is 0 Å². The van der Waals surface area contributed by atoms with Gasteiger partial charge in [-0.2, -0.15) is 0 Å². The summed E-state index contributed by atoms with van der Waals surface area (Å²) >= 11 is 0. The minimum atomic E-state index is -1.58. The molecule has 0 spiro atoms. The van der Waals surface area contributed by atoms with Crippen LogP contribution in [0.5, 0.6) is 0 Å². The predicted octanol–water partition coefficient (Wildman–Crippen LogP) is 17.5. The lowest BCUT2D eigenvalue weighted by Crippen LogP contribution is -2.60. The summed E-state index contributed by atoms with van der Waals surface area (Å²) in [5, 5.41) is 54.2. The number of aliphatic hydroxyl groups is 5. The second-order valence-corrected chi connectivity index (χ2v) is 23.9. The van der Waals surface area contributed by atoms with E-state index in [1.54, 1.807) is 6.08 Å². The van der Waals surface area contributed by atoms with Crippen LogP contribution in [0.3, 0.4) is 0 Å². The van der Waals surface area contributed by atoms with Crippen molar-refractivity contribution in [2.75, 3.05) is 19.8 Å². The highest BCUT2D eigenvalue weighted by Gasteiger charge is 2.44. The highest BCUT2D eigenvalue weighted by molar-refractivity contribution is 5.76. The van der Waals surface area contributed by atoms with Crippen molar-refractivity contribution in [2.24, 2.45) is 0 Å². The van der Waals surface area contributed by atoms with E-state index in [1.807, 2.05) is 6.08 Å². The van der Waals surface area contributed by atoms with Gasteiger partial charge in [0.2, 0.25) is 5.91 Å². The Labute approximate surface area is 509 Å². The summed E-state index contributed by atoms with van der Waals surface area (Å²) in [6, 6.07) is -0.828. The number of nitrogens with one attached hydrogen (secondary N) is 1. The molecule has 482 valence electrons. The minimum Gasteiger partial charge on any atom is -0.466 e. The summed E-state index contributed by atoms with van der Waals surface area (Å²) in [6.45, 7) is 4.25. The maximum absolute atomic E-state index is 13.0.